The number of halogens is 1. The van der Waals surface area contributed by atoms with Crippen molar-refractivity contribution < 1.29 is 9.90 Å². The van der Waals surface area contributed by atoms with Crippen LogP contribution in [0.5, 0.6) is 5.75 Å². The molecule has 1 atom stereocenters. The van der Waals surface area contributed by atoms with Crippen molar-refractivity contribution >= 4 is 33.2 Å². The largest absolute Gasteiger partial charge is 0.507 e. The van der Waals surface area contributed by atoms with Gasteiger partial charge in [-0.3, -0.25) is 4.79 Å². The number of hydrogen-bond donors (Lipinski definition) is 2. The second kappa shape index (κ2) is 5.58. The Hall–Kier alpha value is -1.33. The van der Waals surface area contributed by atoms with Gasteiger partial charge >= 0.3 is 0 Å². The number of carbonyl (C=O) groups is 1. The molecule has 20 heavy (non-hydrogen) atoms. The Balaban J connectivity index is 1.79. The fraction of sp³-hybridized carbons (Fsp3) is 0.267. The number of fused-ring (bicyclic) bond motifs is 1. The molecule has 0 saturated carbocycles. The van der Waals surface area contributed by atoms with E-state index in [0.717, 1.165) is 19.3 Å². The van der Waals surface area contributed by atoms with E-state index in [4.69, 9.17) is 0 Å². The van der Waals surface area contributed by atoms with Crippen LogP contribution < -0.4 is 5.32 Å². The number of carbonyl (C=O) groups excluding carboxylic acids is 1. The Kier molecular flexibility index (Phi) is 3.81. The van der Waals surface area contributed by atoms with Crippen LogP contribution >= 0.6 is 27.3 Å². The number of thiophene rings is 1. The van der Waals surface area contributed by atoms with Crippen molar-refractivity contribution in [1.29, 1.82) is 0 Å². The van der Waals surface area contributed by atoms with Crippen LogP contribution in [0.15, 0.2) is 34.1 Å². The lowest BCUT2D eigenvalue weighted by atomic mass is 9.94. The molecule has 0 aliphatic heterocycles. The van der Waals surface area contributed by atoms with Crippen LogP contribution in [0.25, 0.3) is 0 Å². The lowest BCUT2D eigenvalue weighted by Gasteiger charge is -2.23. The molecule has 0 fully saturated rings. The van der Waals surface area contributed by atoms with E-state index in [1.54, 1.807) is 23.5 Å². The number of aromatic hydroxyl groups is 1. The lowest BCUT2D eigenvalue weighted by Crippen LogP contribution is -2.30. The Labute approximate surface area is 129 Å². The van der Waals surface area contributed by atoms with Gasteiger partial charge < -0.3 is 10.4 Å². The van der Waals surface area contributed by atoms with Gasteiger partial charge in [-0.05, 0) is 70.4 Å². The molecule has 1 amide bonds. The van der Waals surface area contributed by atoms with Crippen LogP contribution in [-0.2, 0) is 6.42 Å². The number of nitrogens with one attached hydrogen (secondary N) is 1. The molecule has 2 N–H and O–H groups in total. The molecule has 3 rings (SSSR count). The minimum Gasteiger partial charge on any atom is -0.507 e. The van der Waals surface area contributed by atoms with Gasteiger partial charge in [-0.25, -0.2) is 0 Å². The summed E-state index contributed by atoms with van der Waals surface area (Å²) in [6.45, 7) is 0. The summed E-state index contributed by atoms with van der Waals surface area (Å²) in [5.41, 5.74) is 1.73. The van der Waals surface area contributed by atoms with Gasteiger partial charge in [0.25, 0.3) is 5.91 Å². The van der Waals surface area contributed by atoms with E-state index in [1.807, 2.05) is 0 Å². The first-order valence-corrected chi connectivity index (χ1v) is 8.18. The zero-order chi connectivity index (χ0) is 14.1. The minimum atomic E-state index is -0.142. The van der Waals surface area contributed by atoms with Gasteiger partial charge in [-0.2, -0.15) is 0 Å². The Morgan fingerprint density at radius 3 is 3.05 bits per heavy atom. The molecule has 1 unspecified atom stereocenters. The highest BCUT2D eigenvalue weighted by Gasteiger charge is 2.23. The second-order valence-electron chi connectivity index (χ2n) is 4.88. The SMILES string of the molecule is O=C(NC1CCCc2sccc21)c1ccc(Br)c(O)c1. The van der Waals surface area contributed by atoms with Gasteiger partial charge in [0.05, 0.1) is 10.5 Å². The number of amides is 1. The monoisotopic (exact) mass is 351 g/mol. The second-order valence-corrected chi connectivity index (χ2v) is 6.74. The molecule has 1 aliphatic rings. The van der Waals surface area contributed by atoms with Crippen LogP contribution in [0.4, 0.5) is 0 Å². The molecule has 1 aliphatic carbocycles. The standard InChI is InChI=1S/C15H14BrNO2S/c16-11-5-4-9(8-13(11)18)15(19)17-12-2-1-3-14-10(12)6-7-20-14/h4-8,12,18H,1-3H2,(H,17,19). The van der Waals surface area contributed by atoms with E-state index in [0.29, 0.717) is 10.0 Å². The van der Waals surface area contributed by atoms with Crippen molar-refractivity contribution in [2.45, 2.75) is 25.3 Å². The topological polar surface area (TPSA) is 49.3 Å². The third kappa shape index (κ3) is 2.60. The van der Waals surface area contributed by atoms with Crippen molar-refractivity contribution in [1.82, 2.24) is 5.32 Å². The molecule has 2 aromatic rings. The summed E-state index contributed by atoms with van der Waals surface area (Å²) in [6, 6.07) is 7.06. The van der Waals surface area contributed by atoms with E-state index in [-0.39, 0.29) is 17.7 Å². The van der Waals surface area contributed by atoms with E-state index in [1.165, 1.54) is 16.5 Å². The smallest absolute Gasteiger partial charge is 0.251 e. The molecular formula is C15H14BrNO2S. The van der Waals surface area contributed by atoms with Crippen LogP contribution in [-0.4, -0.2) is 11.0 Å². The summed E-state index contributed by atoms with van der Waals surface area (Å²) < 4.78 is 0.590. The normalized spacial score (nSPS) is 17.6. The first-order valence-electron chi connectivity index (χ1n) is 6.51. The first kappa shape index (κ1) is 13.6. The third-order valence-corrected chi connectivity index (χ3v) is 5.23. The van der Waals surface area contributed by atoms with Crippen LogP contribution in [0.3, 0.4) is 0 Å². The average molecular weight is 352 g/mol. The van der Waals surface area contributed by atoms with Crippen LogP contribution in [0, 0.1) is 0 Å². The summed E-state index contributed by atoms with van der Waals surface area (Å²) in [6.07, 6.45) is 3.18. The molecule has 0 spiro atoms. The van der Waals surface area contributed by atoms with Gasteiger partial charge in [0.1, 0.15) is 5.75 Å². The molecule has 0 radical (unpaired) electrons. The van der Waals surface area contributed by atoms with E-state index in [2.05, 4.69) is 32.7 Å². The number of benzene rings is 1. The number of phenols is 1. The highest BCUT2D eigenvalue weighted by Crippen LogP contribution is 2.33. The first-order chi connectivity index (χ1) is 9.65. The predicted molar refractivity (Wildman–Crippen MR) is 83.3 cm³/mol. The Bertz CT molecular complexity index is 653. The van der Waals surface area contributed by atoms with Crippen molar-refractivity contribution in [2.24, 2.45) is 0 Å². The van der Waals surface area contributed by atoms with Crippen LogP contribution in [0.2, 0.25) is 0 Å². The number of rotatable bonds is 2. The summed E-state index contributed by atoms with van der Waals surface area (Å²) in [5, 5.41) is 14.8. The maximum Gasteiger partial charge on any atom is 0.251 e. The molecule has 0 bridgehead atoms. The third-order valence-electron chi connectivity index (χ3n) is 3.57. The number of phenolic OH excluding ortho intramolecular Hbond substituents is 1. The fourth-order valence-electron chi connectivity index (χ4n) is 2.53. The van der Waals surface area contributed by atoms with Gasteiger partial charge in [0.15, 0.2) is 0 Å². The zero-order valence-corrected chi connectivity index (χ0v) is 13.1. The number of aryl methyl sites for hydroxylation is 1. The van der Waals surface area contributed by atoms with E-state index >= 15 is 0 Å². The van der Waals surface area contributed by atoms with Gasteiger partial charge in [0, 0.05) is 10.4 Å². The van der Waals surface area contributed by atoms with Crippen LogP contribution in [0.1, 0.15) is 39.7 Å². The van der Waals surface area contributed by atoms with Crippen molar-refractivity contribution in [3.05, 3.63) is 50.1 Å². The maximum absolute atomic E-state index is 12.3. The van der Waals surface area contributed by atoms with Gasteiger partial charge in [0.2, 0.25) is 0 Å². The molecule has 5 heteroatoms. The summed E-state index contributed by atoms with van der Waals surface area (Å²) in [7, 11) is 0. The minimum absolute atomic E-state index is 0.0810. The quantitative estimate of drug-likeness (QED) is 0.858. The molecule has 1 aromatic heterocycles. The predicted octanol–water partition coefficient (Wildman–Crippen LogP) is 4.02. The maximum atomic E-state index is 12.3. The van der Waals surface area contributed by atoms with Crippen molar-refractivity contribution in [3.63, 3.8) is 0 Å². The molecule has 3 nitrogen and oxygen atoms in total. The fourth-order valence-corrected chi connectivity index (χ4v) is 3.77. The molecule has 1 aromatic carbocycles. The van der Waals surface area contributed by atoms with E-state index < -0.39 is 0 Å². The molecule has 0 saturated heterocycles. The van der Waals surface area contributed by atoms with E-state index in [9.17, 15) is 9.90 Å². The molecule has 104 valence electrons. The average Bonchev–Trinajstić information content (AvgIpc) is 2.91. The van der Waals surface area contributed by atoms with Crippen molar-refractivity contribution in [3.8, 4) is 5.75 Å². The summed E-state index contributed by atoms with van der Waals surface area (Å²) >= 11 is 4.97. The Morgan fingerprint density at radius 1 is 1.40 bits per heavy atom. The number of hydrogen-bond acceptors (Lipinski definition) is 3. The van der Waals surface area contributed by atoms with Gasteiger partial charge in [-0.15, -0.1) is 11.3 Å². The highest BCUT2D eigenvalue weighted by atomic mass is 79.9. The Morgan fingerprint density at radius 2 is 2.25 bits per heavy atom. The highest BCUT2D eigenvalue weighted by molar-refractivity contribution is 9.10. The zero-order valence-electron chi connectivity index (χ0n) is 10.7. The summed E-state index contributed by atoms with van der Waals surface area (Å²) in [5.74, 6) is -0.0608. The molecular weight excluding hydrogens is 338 g/mol. The summed E-state index contributed by atoms with van der Waals surface area (Å²) in [4.78, 5) is 13.6. The molecule has 1 heterocycles. The lowest BCUT2D eigenvalue weighted by molar-refractivity contribution is 0.0932. The van der Waals surface area contributed by atoms with Gasteiger partial charge in [-0.1, -0.05) is 0 Å². The van der Waals surface area contributed by atoms with Crippen molar-refractivity contribution in [2.75, 3.05) is 0 Å².